The molecule has 0 saturated carbocycles. The largest absolute Gasteiger partial charge is 0.358 e. The van der Waals surface area contributed by atoms with Gasteiger partial charge >= 0.3 is 0 Å². The molecule has 27 heavy (non-hydrogen) atoms. The summed E-state index contributed by atoms with van der Waals surface area (Å²) in [6.07, 6.45) is 2.36. The van der Waals surface area contributed by atoms with Crippen LogP contribution in [0.2, 0.25) is 0 Å². The van der Waals surface area contributed by atoms with E-state index in [1.54, 1.807) is 4.90 Å². The second-order valence-electron chi connectivity index (χ2n) is 7.30. The average molecular weight is 359 g/mol. The molecule has 0 aliphatic carbocycles. The maximum absolute atomic E-state index is 13.0. The quantitative estimate of drug-likeness (QED) is 0.761. The molecule has 1 aromatic heterocycles. The number of nitrogens with zero attached hydrogens (tertiary/aromatic N) is 2. The van der Waals surface area contributed by atoms with E-state index in [4.69, 9.17) is 0 Å². The van der Waals surface area contributed by atoms with Crippen molar-refractivity contribution < 1.29 is 9.59 Å². The first-order valence-electron chi connectivity index (χ1n) is 9.49. The number of hydrogen-bond acceptors (Lipinski definition) is 2. The van der Waals surface area contributed by atoms with Crippen LogP contribution in [-0.4, -0.2) is 34.8 Å². The Kier molecular flexibility index (Phi) is 3.74. The van der Waals surface area contributed by atoms with Crippen LogP contribution in [0, 0.1) is 0 Å². The van der Waals surface area contributed by atoms with Crippen LogP contribution in [0.15, 0.2) is 48.5 Å². The SMILES string of the molecule is O=C(c1ccc(N2CCCC2=O)cc1)N1CCc2[nH]c3ccccc3c2C1. The molecule has 3 heterocycles. The Balaban J connectivity index is 1.37. The Morgan fingerprint density at radius 2 is 1.78 bits per heavy atom. The lowest BCUT2D eigenvalue weighted by atomic mass is 10.0. The van der Waals surface area contributed by atoms with Crippen LogP contribution in [0.5, 0.6) is 0 Å². The summed E-state index contributed by atoms with van der Waals surface area (Å²) in [4.78, 5) is 32.1. The third kappa shape index (κ3) is 2.70. The number of fused-ring (bicyclic) bond motifs is 3. The molecule has 0 spiro atoms. The predicted octanol–water partition coefficient (Wildman–Crippen LogP) is 3.49. The van der Waals surface area contributed by atoms with Crippen LogP contribution < -0.4 is 4.90 Å². The van der Waals surface area contributed by atoms with Gasteiger partial charge < -0.3 is 14.8 Å². The van der Waals surface area contributed by atoms with E-state index in [-0.39, 0.29) is 11.8 Å². The van der Waals surface area contributed by atoms with E-state index in [1.807, 2.05) is 41.3 Å². The number of rotatable bonds is 2. The van der Waals surface area contributed by atoms with E-state index in [2.05, 4.69) is 17.1 Å². The number of nitrogens with one attached hydrogen (secondary N) is 1. The summed E-state index contributed by atoms with van der Waals surface area (Å²) >= 11 is 0. The molecular weight excluding hydrogens is 338 g/mol. The maximum Gasteiger partial charge on any atom is 0.254 e. The zero-order chi connectivity index (χ0) is 18.4. The second kappa shape index (κ2) is 6.27. The lowest BCUT2D eigenvalue weighted by Gasteiger charge is -2.27. The van der Waals surface area contributed by atoms with Crippen LogP contribution in [0.1, 0.15) is 34.5 Å². The predicted molar refractivity (Wildman–Crippen MR) is 105 cm³/mol. The van der Waals surface area contributed by atoms with Gasteiger partial charge in [0.25, 0.3) is 5.91 Å². The van der Waals surface area contributed by atoms with E-state index in [0.717, 1.165) is 30.6 Å². The van der Waals surface area contributed by atoms with Crippen LogP contribution in [0.3, 0.4) is 0 Å². The van der Waals surface area contributed by atoms with Gasteiger partial charge in [0.1, 0.15) is 0 Å². The lowest BCUT2D eigenvalue weighted by molar-refractivity contribution is -0.117. The lowest BCUT2D eigenvalue weighted by Crippen LogP contribution is -2.35. The van der Waals surface area contributed by atoms with Crippen molar-refractivity contribution in [2.24, 2.45) is 0 Å². The Morgan fingerprint density at radius 3 is 2.56 bits per heavy atom. The number of H-pyrrole nitrogens is 1. The van der Waals surface area contributed by atoms with Crippen molar-refractivity contribution in [2.45, 2.75) is 25.8 Å². The van der Waals surface area contributed by atoms with E-state index < -0.39 is 0 Å². The Morgan fingerprint density at radius 1 is 0.963 bits per heavy atom. The molecule has 0 bridgehead atoms. The number of para-hydroxylation sites is 1. The van der Waals surface area contributed by atoms with Crippen LogP contribution in [0.25, 0.3) is 10.9 Å². The highest BCUT2D eigenvalue weighted by atomic mass is 16.2. The minimum atomic E-state index is 0.0465. The average Bonchev–Trinajstić information content (AvgIpc) is 3.30. The highest BCUT2D eigenvalue weighted by molar-refractivity contribution is 5.98. The van der Waals surface area contributed by atoms with E-state index >= 15 is 0 Å². The summed E-state index contributed by atoms with van der Waals surface area (Å²) < 4.78 is 0. The van der Waals surface area contributed by atoms with Gasteiger partial charge in [-0.1, -0.05) is 18.2 Å². The minimum Gasteiger partial charge on any atom is -0.358 e. The summed E-state index contributed by atoms with van der Waals surface area (Å²) in [6, 6.07) is 15.7. The van der Waals surface area contributed by atoms with Gasteiger partial charge in [0, 0.05) is 65.9 Å². The highest BCUT2D eigenvalue weighted by Crippen LogP contribution is 2.29. The van der Waals surface area contributed by atoms with E-state index in [0.29, 0.717) is 25.1 Å². The number of aromatic amines is 1. The second-order valence-corrected chi connectivity index (χ2v) is 7.30. The van der Waals surface area contributed by atoms with Crippen molar-refractivity contribution >= 4 is 28.4 Å². The zero-order valence-corrected chi connectivity index (χ0v) is 15.1. The Hall–Kier alpha value is -3.08. The van der Waals surface area contributed by atoms with Gasteiger partial charge in [-0.2, -0.15) is 0 Å². The summed E-state index contributed by atoms with van der Waals surface area (Å²) in [6.45, 7) is 2.11. The topological polar surface area (TPSA) is 56.4 Å². The molecule has 1 saturated heterocycles. The highest BCUT2D eigenvalue weighted by Gasteiger charge is 2.25. The first-order valence-corrected chi connectivity index (χ1v) is 9.49. The van der Waals surface area contributed by atoms with E-state index in [1.165, 1.54) is 16.6 Å². The number of aromatic nitrogens is 1. The molecule has 0 radical (unpaired) electrons. The fourth-order valence-corrected chi connectivity index (χ4v) is 4.23. The fraction of sp³-hybridized carbons (Fsp3) is 0.273. The zero-order valence-electron chi connectivity index (χ0n) is 15.1. The smallest absolute Gasteiger partial charge is 0.254 e. The molecule has 5 nitrogen and oxygen atoms in total. The Labute approximate surface area is 157 Å². The molecule has 5 rings (SSSR count). The molecule has 0 unspecified atom stereocenters. The molecule has 3 aromatic rings. The molecule has 5 heteroatoms. The molecule has 1 fully saturated rings. The molecule has 0 atom stereocenters. The number of carbonyl (C=O) groups excluding carboxylic acids is 2. The minimum absolute atomic E-state index is 0.0465. The normalized spacial score (nSPS) is 16.8. The van der Waals surface area contributed by atoms with Crippen molar-refractivity contribution in [3.8, 4) is 0 Å². The van der Waals surface area contributed by atoms with Crippen LogP contribution >= 0.6 is 0 Å². The number of anilines is 1. The van der Waals surface area contributed by atoms with Crippen LogP contribution in [-0.2, 0) is 17.8 Å². The van der Waals surface area contributed by atoms with Gasteiger partial charge in [0.05, 0.1) is 0 Å². The van der Waals surface area contributed by atoms with Crippen molar-refractivity contribution in [1.29, 1.82) is 0 Å². The number of amides is 2. The first-order chi connectivity index (χ1) is 13.2. The van der Waals surface area contributed by atoms with Gasteiger partial charge in [-0.15, -0.1) is 0 Å². The van der Waals surface area contributed by atoms with E-state index in [9.17, 15) is 9.59 Å². The first kappa shape index (κ1) is 16.1. The monoisotopic (exact) mass is 359 g/mol. The van der Waals surface area contributed by atoms with Crippen molar-refractivity contribution in [2.75, 3.05) is 18.0 Å². The summed E-state index contributed by atoms with van der Waals surface area (Å²) in [5, 5.41) is 1.20. The molecule has 2 aliphatic rings. The third-order valence-corrected chi connectivity index (χ3v) is 5.67. The fourth-order valence-electron chi connectivity index (χ4n) is 4.23. The summed E-state index contributed by atoms with van der Waals surface area (Å²) in [7, 11) is 0. The van der Waals surface area contributed by atoms with Gasteiger partial charge in [-0.3, -0.25) is 9.59 Å². The Bertz CT molecular complexity index is 1040. The van der Waals surface area contributed by atoms with Crippen molar-refractivity contribution in [3.05, 3.63) is 65.4 Å². The van der Waals surface area contributed by atoms with Crippen molar-refractivity contribution in [1.82, 2.24) is 9.88 Å². The van der Waals surface area contributed by atoms with Gasteiger partial charge in [-0.25, -0.2) is 0 Å². The summed E-state index contributed by atoms with van der Waals surface area (Å²) in [5.74, 6) is 0.210. The molecule has 136 valence electrons. The number of hydrogen-bond donors (Lipinski definition) is 1. The van der Waals surface area contributed by atoms with Gasteiger partial charge in [0.2, 0.25) is 5.91 Å². The van der Waals surface area contributed by atoms with Crippen LogP contribution in [0.4, 0.5) is 5.69 Å². The van der Waals surface area contributed by atoms with Gasteiger partial charge in [-0.05, 0) is 36.8 Å². The van der Waals surface area contributed by atoms with Gasteiger partial charge in [0.15, 0.2) is 0 Å². The maximum atomic E-state index is 13.0. The third-order valence-electron chi connectivity index (χ3n) is 5.67. The molecular formula is C22H21N3O2. The molecule has 2 aliphatic heterocycles. The van der Waals surface area contributed by atoms with Crippen molar-refractivity contribution in [3.63, 3.8) is 0 Å². The molecule has 2 aromatic carbocycles. The molecule has 2 amide bonds. The number of benzene rings is 2. The summed E-state index contributed by atoms with van der Waals surface area (Å²) in [5.41, 5.74) is 5.16. The standard InChI is InChI=1S/C22H21N3O2/c26-21-6-3-12-25(21)16-9-7-15(8-10-16)22(27)24-13-11-20-18(14-24)17-4-1-2-5-19(17)23-20/h1-2,4-5,7-10,23H,3,6,11-14H2. The molecule has 1 N–H and O–H groups in total. The number of carbonyl (C=O) groups is 2.